The number of ether oxygens (including phenoxy) is 1. The van der Waals surface area contributed by atoms with Gasteiger partial charge in [-0.25, -0.2) is 4.79 Å². The second kappa shape index (κ2) is 10.7. The van der Waals surface area contributed by atoms with Crippen molar-refractivity contribution in [2.24, 2.45) is 0 Å². The molecule has 0 aromatic heterocycles. The van der Waals surface area contributed by atoms with E-state index >= 15 is 0 Å². The summed E-state index contributed by atoms with van der Waals surface area (Å²) < 4.78 is 5.35. The predicted octanol–water partition coefficient (Wildman–Crippen LogP) is 1.87. The van der Waals surface area contributed by atoms with Gasteiger partial charge < -0.3 is 19.9 Å². The Hall–Kier alpha value is -0.990. The SMILES string of the molecule is CSCC[C@H](NC(=O)OC(C)(C)C)C(=O)N1CCN(C2CCN(C)CC2)CC1. The van der Waals surface area contributed by atoms with Gasteiger partial charge in [0.25, 0.3) is 0 Å². The molecular weight excluding hydrogens is 376 g/mol. The minimum atomic E-state index is -0.573. The van der Waals surface area contributed by atoms with E-state index in [1.54, 1.807) is 11.8 Å². The summed E-state index contributed by atoms with van der Waals surface area (Å²) in [5.74, 6) is 0.838. The molecule has 0 spiro atoms. The van der Waals surface area contributed by atoms with Crippen molar-refractivity contribution >= 4 is 23.8 Å². The number of piperidine rings is 1. The van der Waals surface area contributed by atoms with E-state index in [9.17, 15) is 9.59 Å². The number of nitrogens with one attached hydrogen (secondary N) is 1. The third kappa shape index (κ3) is 7.44. The maximum Gasteiger partial charge on any atom is 0.408 e. The van der Waals surface area contributed by atoms with Gasteiger partial charge in [0.2, 0.25) is 5.91 Å². The molecule has 2 fully saturated rings. The van der Waals surface area contributed by atoms with Crippen LogP contribution in [0.4, 0.5) is 4.79 Å². The zero-order valence-electron chi connectivity index (χ0n) is 18.2. The van der Waals surface area contributed by atoms with Crippen molar-refractivity contribution in [3.8, 4) is 0 Å². The molecule has 2 saturated heterocycles. The van der Waals surface area contributed by atoms with E-state index in [2.05, 4.69) is 22.2 Å². The van der Waals surface area contributed by atoms with Gasteiger partial charge in [-0.15, -0.1) is 0 Å². The molecule has 8 heteroatoms. The van der Waals surface area contributed by atoms with Gasteiger partial charge in [-0.1, -0.05) is 0 Å². The monoisotopic (exact) mass is 414 g/mol. The van der Waals surface area contributed by atoms with Crippen molar-refractivity contribution in [2.75, 3.05) is 58.3 Å². The molecule has 162 valence electrons. The van der Waals surface area contributed by atoms with Crippen LogP contribution < -0.4 is 5.32 Å². The van der Waals surface area contributed by atoms with E-state index in [-0.39, 0.29) is 5.91 Å². The summed E-state index contributed by atoms with van der Waals surface area (Å²) in [5, 5.41) is 2.80. The molecule has 0 aromatic rings. The molecule has 0 bridgehead atoms. The number of thioether (sulfide) groups is 1. The highest BCUT2D eigenvalue weighted by molar-refractivity contribution is 7.98. The summed E-state index contributed by atoms with van der Waals surface area (Å²) in [5.41, 5.74) is -0.573. The predicted molar refractivity (Wildman–Crippen MR) is 115 cm³/mol. The third-order valence-electron chi connectivity index (χ3n) is 5.43. The molecule has 0 radical (unpaired) electrons. The van der Waals surface area contributed by atoms with Gasteiger partial charge in [0, 0.05) is 32.2 Å². The fourth-order valence-corrected chi connectivity index (χ4v) is 4.30. The van der Waals surface area contributed by atoms with Crippen LogP contribution >= 0.6 is 11.8 Å². The number of nitrogens with zero attached hydrogens (tertiary/aromatic N) is 3. The average Bonchev–Trinajstić information content (AvgIpc) is 2.64. The van der Waals surface area contributed by atoms with E-state index in [1.165, 1.54) is 12.8 Å². The molecule has 2 heterocycles. The maximum atomic E-state index is 13.1. The van der Waals surface area contributed by atoms with Crippen molar-refractivity contribution in [2.45, 2.75) is 57.7 Å². The van der Waals surface area contributed by atoms with Crippen LogP contribution in [0.25, 0.3) is 0 Å². The smallest absolute Gasteiger partial charge is 0.408 e. The lowest BCUT2D eigenvalue weighted by Gasteiger charge is -2.42. The largest absolute Gasteiger partial charge is 0.444 e. The van der Waals surface area contributed by atoms with Crippen molar-refractivity contribution in [3.05, 3.63) is 0 Å². The van der Waals surface area contributed by atoms with Crippen LogP contribution in [0.5, 0.6) is 0 Å². The van der Waals surface area contributed by atoms with E-state index in [1.807, 2.05) is 31.9 Å². The summed E-state index contributed by atoms with van der Waals surface area (Å²) in [6.07, 6.45) is 4.53. The van der Waals surface area contributed by atoms with Gasteiger partial charge in [0.05, 0.1) is 0 Å². The second-order valence-corrected chi connectivity index (χ2v) is 9.86. The van der Waals surface area contributed by atoms with Gasteiger partial charge in [0.1, 0.15) is 11.6 Å². The van der Waals surface area contributed by atoms with Crippen molar-refractivity contribution in [1.29, 1.82) is 0 Å². The third-order valence-corrected chi connectivity index (χ3v) is 6.07. The number of piperazine rings is 1. The molecule has 0 saturated carbocycles. The van der Waals surface area contributed by atoms with Gasteiger partial charge in [0.15, 0.2) is 0 Å². The van der Waals surface area contributed by atoms with Crippen LogP contribution in [0.15, 0.2) is 0 Å². The topological polar surface area (TPSA) is 65.1 Å². The van der Waals surface area contributed by atoms with E-state index < -0.39 is 17.7 Å². The number of amides is 2. The lowest BCUT2D eigenvalue weighted by Crippen LogP contribution is -2.57. The maximum absolute atomic E-state index is 13.1. The summed E-state index contributed by atoms with van der Waals surface area (Å²) in [6, 6.07) is 0.123. The molecule has 2 aliphatic rings. The van der Waals surface area contributed by atoms with Crippen LogP contribution in [0.1, 0.15) is 40.0 Å². The van der Waals surface area contributed by atoms with E-state index in [0.717, 1.165) is 45.0 Å². The number of hydrogen-bond donors (Lipinski definition) is 1. The van der Waals surface area contributed by atoms with E-state index in [0.29, 0.717) is 12.5 Å². The fourth-order valence-electron chi connectivity index (χ4n) is 3.83. The Morgan fingerprint density at radius 2 is 1.71 bits per heavy atom. The molecule has 2 amide bonds. The molecule has 0 unspecified atom stereocenters. The summed E-state index contributed by atoms with van der Waals surface area (Å²) in [4.78, 5) is 32.1. The minimum Gasteiger partial charge on any atom is -0.444 e. The molecular formula is C20H38N4O3S. The first-order valence-corrected chi connectivity index (χ1v) is 11.8. The zero-order chi connectivity index (χ0) is 20.7. The minimum absolute atomic E-state index is 0.0166. The lowest BCUT2D eigenvalue weighted by molar-refractivity contribution is -0.135. The Kier molecular flexibility index (Phi) is 8.89. The highest BCUT2D eigenvalue weighted by Gasteiger charge is 2.32. The lowest BCUT2D eigenvalue weighted by atomic mass is 10.0. The van der Waals surface area contributed by atoms with Crippen molar-refractivity contribution < 1.29 is 14.3 Å². The van der Waals surface area contributed by atoms with Gasteiger partial charge in [-0.05, 0) is 72.2 Å². The highest BCUT2D eigenvalue weighted by atomic mass is 32.2. The summed E-state index contributed by atoms with van der Waals surface area (Å²) >= 11 is 1.68. The molecule has 7 nitrogen and oxygen atoms in total. The van der Waals surface area contributed by atoms with Gasteiger partial charge in [-0.3, -0.25) is 9.69 Å². The van der Waals surface area contributed by atoms with Gasteiger partial charge in [-0.2, -0.15) is 11.8 Å². The van der Waals surface area contributed by atoms with Crippen LogP contribution in [0, 0.1) is 0 Å². The Morgan fingerprint density at radius 1 is 1.11 bits per heavy atom. The number of rotatable bonds is 6. The first-order valence-electron chi connectivity index (χ1n) is 10.4. The Bertz CT molecular complexity index is 510. The van der Waals surface area contributed by atoms with Gasteiger partial charge >= 0.3 is 6.09 Å². The molecule has 2 aliphatic heterocycles. The van der Waals surface area contributed by atoms with Crippen LogP contribution in [0.2, 0.25) is 0 Å². The van der Waals surface area contributed by atoms with Crippen LogP contribution in [0.3, 0.4) is 0 Å². The molecule has 0 aromatic carbocycles. The first kappa shape index (κ1) is 23.3. The Morgan fingerprint density at radius 3 is 2.25 bits per heavy atom. The summed E-state index contributed by atoms with van der Waals surface area (Å²) in [6.45, 7) is 11.1. The normalized spacial score (nSPS) is 21.4. The van der Waals surface area contributed by atoms with Crippen LogP contribution in [-0.4, -0.2) is 103 Å². The summed E-state index contributed by atoms with van der Waals surface area (Å²) in [7, 11) is 2.18. The molecule has 28 heavy (non-hydrogen) atoms. The standard InChI is InChI=1S/C20H38N4O3S/c1-20(2,3)27-19(26)21-17(8-15-28-5)18(25)24-13-11-23(12-14-24)16-6-9-22(4)10-7-16/h16-17H,6-15H2,1-5H3,(H,21,26)/t17-/m0/s1. The zero-order valence-corrected chi connectivity index (χ0v) is 19.0. The number of hydrogen-bond acceptors (Lipinski definition) is 6. The Labute approximate surface area is 174 Å². The van der Waals surface area contributed by atoms with Crippen molar-refractivity contribution in [3.63, 3.8) is 0 Å². The highest BCUT2D eigenvalue weighted by Crippen LogP contribution is 2.18. The molecule has 0 aliphatic carbocycles. The number of carbonyl (C=O) groups is 2. The van der Waals surface area contributed by atoms with Crippen molar-refractivity contribution in [1.82, 2.24) is 20.0 Å². The number of likely N-dealkylation sites (tertiary alicyclic amines) is 1. The number of alkyl carbamates (subject to hydrolysis) is 1. The molecule has 1 N–H and O–H groups in total. The average molecular weight is 415 g/mol. The van der Waals surface area contributed by atoms with E-state index in [4.69, 9.17) is 4.74 Å². The second-order valence-electron chi connectivity index (χ2n) is 8.88. The van der Waals surface area contributed by atoms with Crippen LogP contribution in [-0.2, 0) is 9.53 Å². The molecule has 1 atom stereocenters. The first-order chi connectivity index (χ1) is 13.2. The Balaban J connectivity index is 1.87. The quantitative estimate of drug-likeness (QED) is 0.716. The molecule has 2 rings (SSSR count). The number of carbonyl (C=O) groups excluding carboxylic acids is 2. The fraction of sp³-hybridized carbons (Fsp3) is 0.900.